The fraction of sp³-hybridized carbons (Fsp3) is 0.125. The van der Waals surface area contributed by atoms with E-state index in [1.807, 2.05) is 0 Å². The van der Waals surface area contributed by atoms with Gasteiger partial charge in [-0.1, -0.05) is 18.2 Å². The van der Waals surface area contributed by atoms with Crippen molar-refractivity contribution >= 4 is 17.9 Å². The monoisotopic (exact) mass is 302 g/mol. The molecule has 0 unspecified atom stereocenters. The minimum Gasteiger partial charge on any atom is -0.466 e. The van der Waals surface area contributed by atoms with E-state index in [-0.39, 0.29) is 5.56 Å². The van der Waals surface area contributed by atoms with Gasteiger partial charge >= 0.3 is 0 Å². The largest absolute Gasteiger partial charge is 0.466 e. The van der Waals surface area contributed by atoms with Gasteiger partial charge in [0, 0.05) is 11.6 Å². The summed E-state index contributed by atoms with van der Waals surface area (Å²) in [6, 6.07) is 7.62. The molecule has 1 aromatic heterocycles. The number of halogens is 1. The van der Waals surface area contributed by atoms with Crippen LogP contribution in [0.25, 0.3) is 6.08 Å². The van der Waals surface area contributed by atoms with Crippen molar-refractivity contribution in [1.82, 2.24) is 10.9 Å². The minimum absolute atomic E-state index is 0.283. The first-order chi connectivity index (χ1) is 10.5. The zero-order valence-electron chi connectivity index (χ0n) is 12.1. The highest BCUT2D eigenvalue weighted by Crippen LogP contribution is 2.13. The second-order valence-corrected chi connectivity index (χ2v) is 4.63. The maximum absolute atomic E-state index is 13.4. The first kappa shape index (κ1) is 15.5. The Labute approximate surface area is 126 Å². The molecule has 0 aliphatic carbocycles. The van der Waals surface area contributed by atoms with E-state index >= 15 is 0 Å². The summed E-state index contributed by atoms with van der Waals surface area (Å²) in [6.07, 6.45) is 2.45. The summed E-state index contributed by atoms with van der Waals surface area (Å²) in [6.45, 7) is 3.38. The van der Waals surface area contributed by atoms with Crippen molar-refractivity contribution in [1.29, 1.82) is 0 Å². The molecule has 6 heteroatoms. The van der Waals surface area contributed by atoms with Gasteiger partial charge in [-0.2, -0.15) is 0 Å². The summed E-state index contributed by atoms with van der Waals surface area (Å²) in [4.78, 5) is 23.4. The summed E-state index contributed by atoms with van der Waals surface area (Å²) in [5, 5.41) is 0. The van der Waals surface area contributed by atoms with Gasteiger partial charge in [0.15, 0.2) is 0 Å². The SMILES string of the molecule is Cc1cc(C(=O)NNC(=O)/C=C/c2ccccc2F)c(C)o1. The molecule has 0 saturated carbocycles. The molecule has 0 atom stereocenters. The molecule has 0 aliphatic rings. The topological polar surface area (TPSA) is 71.3 Å². The quantitative estimate of drug-likeness (QED) is 0.676. The van der Waals surface area contributed by atoms with Crippen LogP contribution in [0.15, 0.2) is 40.8 Å². The first-order valence-corrected chi connectivity index (χ1v) is 6.57. The van der Waals surface area contributed by atoms with Gasteiger partial charge in [0.2, 0.25) is 0 Å². The van der Waals surface area contributed by atoms with Crippen molar-refractivity contribution in [3.05, 3.63) is 64.9 Å². The van der Waals surface area contributed by atoms with Gasteiger partial charge in [-0.3, -0.25) is 20.4 Å². The Kier molecular flexibility index (Phi) is 4.73. The van der Waals surface area contributed by atoms with E-state index in [2.05, 4.69) is 10.9 Å². The summed E-state index contributed by atoms with van der Waals surface area (Å²) < 4.78 is 18.6. The molecule has 2 N–H and O–H groups in total. The number of amides is 2. The average Bonchev–Trinajstić information content (AvgIpc) is 2.82. The molecule has 5 nitrogen and oxygen atoms in total. The lowest BCUT2D eigenvalue weighted by Crippen LogP contribution is -2.40. The van der Waals surface area contributed by atoms with E-state index in [1.165, 1.54) is 18.2 Å². The fourth-order valence-corrected chi connectivity index (χ4v) is 1.86. The maximum Gasteiger partial charge on any atom is 0.273 e. The molecule has 0 radical (unpaired) electrons. The number of carbonyl (C=O) groups excluding carboxylic acids is 2. The van der Waals surface area contributed by atoms with Gasteiger partial charge in [-0.05, 0) is 32.1 Å². The van der Waals surface area contributed by atoms with Crippen LogP contribution in [-0.2, 0) is 4.79 Å². The van der Waals surface area contributed by atoms with E-state index in [4.69, 9.17) is 4.42 Å². The number of rotatable bonds is 3. The van der Waals surface area contributed by atoms with Crippen molar-refractivity contribution in [2.24, 2.45) is 0 Å². The van der Waals surface area contributed by atoms with Crippen LogP contribution in [0.4, 0.5) is 4.39 Å². The summed E-state index contributed by atoms with van der Waals surface area (Å²) >= 11 is 0. The van der Waals surface area contributed by atoms with E-state index < -0.39 is 17.6 Å². The van der Waals surface area contributed by atoms with Gasteiger partial charge < -0.3 is 4.42 Å². The summed E-state index contributed by atoms with van der Waals surface area (Å²) in [5.74, 6) is -0.420. The lowest BCUT2D eigenvalue weighted by atomic mass is 10.2. The van der Waals surface area contributed by atoms with Crippen LogP contribution in [0.1, 0.15) is 27.4 Å². The summed E-state index contributed by atoms with van der Waals surface area (Å²) in [7, 11) is 0. The fourth-order valence-electron chi connectivity index (χ4n) is 1.86. The average molecular weight is 302 g/mol. The Bertz CT molecular complexity index is 735. The highest BCUT2D eigenvalue weighted by atomic mass is 19.1. The van der Waals surface area contributed by atoms with Crippen molar-refractivity contribution in [3.8, 4) is 0 Å². The number of furan rings is 1. The van der Waals surface area contributed by atoms with E-state index in [0.717, 1.165) is 6.08 Å². The molecule has 1 aromatic carbocycles. The minimum atomic E-state index is -0.575. The maximum atomic E-state index is 13.4. The molecular formula is C16H15FN2O3. The highest BCUT2D eigenvalue weighted by molar-refractivity contribution is 5.98. The van der Waals surface area contributed by atoms with Crippen molar-refractivity contribution < 1.29 is 18.4 Å². The van der Waals surface area contributed by atoms with Gasteiger partial charge in [0.05, 0.1) is 5.56 Å². The van der Waals surface area contributed by atoms with Crippen LogP contribution >= 0.6 is 0 Å². The molecule has 114 valence electrons. The third-order valence-corrected chi connectivity index (χ3v) is 2.90. The predicted octanol–water partition coefficient (Wildman–Crippen LogP) is 2.51. The second kappa shape index (κ2) is 6.71. The molecule has 2 aromatic rings. The first-order valence-electron chi connectivity index (χ1n) is 6.57. The highest BCUT2D eigenvalue weighted by Gasteiger charge is 2.13. The van der Waals surface area contributed by atoms with E-state index in [0.29, 0.717) is 17.1 Å². The Morgan fingerprint density at radius 2 is 1.91 bits per heavy atom. The zero-order valence-corrected chi connectivity index (χ0v) is 12.1. The number of hydrogen-bond donors (Lipinski definition) is 2. The van der Waals surface area contributed by atoms with Crippen molar-refractivity contribution in [3.63, 3.8) is 0 Å². The third-order valence-electron chi connectivity index (χ3n) is 2.90. The normalized spacial score (nSPS) is 10.7. The van der Waals surface area contributed by atoms with E-state index in [1.54, 1.807) is 32.0 Å². The zero-order chi connectivity index (χ0) is 16.1. The van der Waals surface area contributed by atoms with Crippen LogP contribution in [-0.4, -0.2) is 11.8 Å². The molecule has 0 aliphatic heterocycles. The number of aryl methyl sites for hydroxylation is 2. The van der Waals surface area contributed by atoms with Crippen molar-refractivity contribution in [2.45, 2.75) is 13.8 Å². The molecule has 22 heavy (non-hydrogen) atoms. The molecule has 2 amide bonds. The van der Waals surface area contributed by atoms with Crippen LogP contribution in [0, 0.1) is 19.7 Å². The number of carbonyl (C=O) groups is 2. The van der Waals surface area contributed by atoms with Gasteiger partial charge in [-0.15, -0.1) is 0 Å². The van der Waals surface area contributed by atoms with Crippen LogP contribution in [0.5, 0.6) is 0 Å². The van der Waals surface area contributed by atoms with Gasteiger partial charge in [0.25, 0.3) is 11.8 Å². The third kappa shape index (κ3) is 3.82. The lowest BCUT2D eigenvalue weighted by molar-refractivity contribution is -0.117. The van der Waals surface area contributed by atoms with Crippen molar-refractivity contribution in [2.75, 3.05) is 0 Å². The van der Waals surface area contributed by atoms with Crippen LogP contribution in [0.2, 0.25) is 0 Å². The second-order valence-electron chi connectivity index (χ2n) is 4.63. The summed E-state index contributed by atoms with van der Waals surface area (Å²) in [5.41, 5.74) is 5.10. The standard InChI is InChI=1S/C16H15FN2O3/c1-10-9-13(11(2)22-10)16(21)19-18-15(20)8-7-12-5-3-4-6-14(12)17/h3-9H,1-2H3,(H,18,20)(H,19,21)/b8-7+. The molecule has 0 fully saturated rings. The Morgan fingerprint density at radius 1 is 1.18 bits per heavy atom. The molecule has 0 bridgehead atoms. The lowest BCUT2D eigenvalue weighted by Gasteiger charge is -2.04. The number of hydrogen-bond acceptors (Lipinski definition) is 3. The van der Waals surface area contributed by atoms with Gasteiger partial charge in [-0.25, -0.2) is 4.39 Å². The Balaban J connectivity index is 1.92. The smallest absolute Gasteiger partial charge is 0.273 e. The predicted molar refractivity (Wildman–Crippen MR) is 79.2 cm³/mol. The van der Waals surface area contributed by atoms with Gasteiger partial charge in [0.1, 0.15) is 17.3 Å². The molecule has 1 heterocycles. The molecule has 0 spiro atoms. The Morgan fingerprint density at radius 3 is 2.55 bits per heavy atom. The Hall–Kier alpha value is -2.89. The number of nitrogens with one attached hydrogen (secondary N) is 2. The van der Waals surface area contributed by atoms with Crippen LogP contribution < -0.4 is 10.9 Å². The number of benzene rings is 1. The van der Waals surface area contributed by atoms with E-state index in [9.17, 15) is 14.0 Å². The molecular weight excluding hydrogens is 287 g/mol. The van der Waals surface area contributed by atoms with Crippen LogP contribution in [0.3, 0.4) is 0 Å². The number of hydrazine groups is 1. The molecule has 2 rings (SSSR count). The molecule has 0 saturated heterocycles.